The quantitative estimate of drug-likeness (QED) is 0.827. The van der Waals surface area contributed by atoms with E-state index >= 15 is 0 Å². The predicted octanol–water partition coefficient (Wildman–Crippen LogP) is 2.98. The number of carbonyl (C=O) groups is 1. The van der Waals surface area contributed by atoms with Crippen molar-refractivity contribution in [1.29, 1.82) is 0 Å². The van der Waals surface area contributed by atoms with Gasteiger partial charge in [-0.05, 0) is 36.8 Å². The van der Waals surface area contributed by atoms with Gasteiger partial charge >= 0.3 is 5.97 Å². The minimum Gasteiger partial charge on any atom is -0.481 e. The zero-order valence-electron chi connectivity index (χ0n) is 11.6. The van der Waals surface area contributed by atoms with Gasteiger partial charge in [-0.2, -0.15) is 0 Å². The number of hydrogen-bond acceptors (Lipinski definition) is 2. The van der Waals surface area contributed by atoms with Crippen LogP contribution in [-0.4, -0.2) is 17.1 Å². The highest BCUT2D eigenvalue weighted by atomic mass is 16.4. The second-order valence-electron chi connectivity index (χ2n) is 5.60. The summed E-state index contributed by atoms with van der Waals surface area (Å²) in [5.41, 5.74) is 2.08. The Morgan fingerprint density at radius 3 is 2.42 bits per heavy atom. The molecule has 1 aromatic carbocycles. The highest BCUT2D eigenvalue weighted by Crippen LogP contribution is 2.27. The fourth-order valence-electron chi connectivity index (χ4n) is 2.85. The largest absolute Gasteiger partial charge is 0.481 e. The monoisotopic (exact) mass is 261 g/mol. The smallest absolute Gasteiger partial charge is 0.307 e. The lowest BCUT2D eigenvalue weighted by Gasteiger charge is -2.20. The number of benzene rings is 1. The first-order chi connectivity index (χ1) is 9.15. The normalized spacial score (nSPS) is 17.5. The highest BCUT2D eigenvalue weighted by molar-refractivity contribution is 5.70. The molecule has 0 amide bonds. The maximum atomic E-state index is 10.6. The zero-order valence-corrected chi connectivity index (χ0v) is 11.6. The van der Waals surface area contributed by atoms with E-state index in [0.717, 1.165) is 18.0 Å². The Balaban J connectivity index is 1.80. The van der Waals surface area contributed by atoms with Gasteiger partial charge in [-0.15, -0.1) is 0 Å². The van der Waals surface area contributed by atoms with Gasteiger partial charge in [0.05, 0.1) is 6.42 Å². The van der Waals surface area contributed by atoms with Crippen LogP contribution in [0.2, 0.25) is 0 Å². The molecule has 3 nitrogen and oxygen atoms in total. The van der Waals surface area contributed by atoms with Crippen LogP contribution in [0.3, 0.4) is 0 Å². The average Bonchev–Trinajstić information content (AvgIpc) is 2.91. The molecule has 19 heavy (non-hydrogen) atoms. The molecular formula is C16H23NO2. The van der Waals surface area contributed by atoms with Crippen LogP contribution in [0.4, 0.5) is 0 Å². The first-order valence-electron chi connectivity index (χ1n) is 7.18. The average molecular weight is 261 g/mol. The van der Waals surface area contributed by atoms with Crippen LogP contribution in [0.1, 0.15) is 43.7 Å². The molecule has 1 aliphatic rings. The van der Waals surface area contributed by atoms with Crippen molar-refractivity contribution in [1.82, 2.24) is 5.32 Å². The second-order valence-corrected chi connectivity index (χ2v) is 5.60. The maximum absolute atomic E-state index is 10.6. The minimum atomic E-state index is -0.777. The molecule has 104 valence electrons. The Labute approximate surface area is 115 Å². The molecule has 0 spiro atoms. The third-order valence-corrected chi connectivity index (χ3v) is 4.11. The lowest BCUT2D eigenvalue weighted by Crippen LogP contribution is -2.31. The van der Waals surface area contributed by atoms with Crippen LogP contribution >= 0.6 is 0 Å². The molecule has 0 bridgehead atoms. The van der Waals surface area contributed by atoms with Gasteiger partial charge < -0.3 is 10.4 Å². The molecule has 0 aliphatic heterocycles. The van der Waals surface area contributed by atoms with Gasteiger partial charge in [-0.1, -0.05) is 37.1 Å². The number of hydrogen-bond donors (Lipinski definition) is 2. The van der Waals surface area contributed by atoms with E-state index in [1.807, 2.05) is 24.3 Å². The molecule has 0 heterocycles. The van der Waals surface area contributed by atoms with E-state index in [0.29, 0.717) is 6.04 Å². The van der Waals surface area contributed by atoms with Crippen LogP contribution in [0, 0.1) is 5.92 Å². The van der Waals surface area contributed by atoms with Gasteiger partial charge in [0.1, 0.15) is 0 Å². The van der Waals surface area contributed by atoms with Gasteiger partial charge in [0, 0.05) is 12.6 Å². The van der Waals surface area contributed by atoms with E-state index in [4.69, 9.17) is 5.11 Å². The first-order valence-corrected chi connectivity index (χ1v) is 7.18. The summed E-state index contributed by atoms with van der Waals surface area (Å²) in [6.45, 7) is 3.14. The highest BCUT2D eigenvalue weighted by Gasteiger charge is 2.20. The van der Waals surface area contributed by atoms with Crippen molar-refractivity contribution in [2.45, 2.75) is 51.6 Å². The summed E-state index contributed by atoms with van der Waals surface area (Å²) >= 11 is 0. The minimum absolute atomic E-state index is 0.103. The number of carboxylic acid groups (broad SMARTS) is 1. The standard InChI is InChI=1S/C16H23NO2/c1-12(15-4-2-3-5-15)17-11-14-8-6-13(7-9-14)10-16(18)19/h6-9,12,15,17H,2-5,10-11H2,1H3,(H,18,19). The van der Waals surface area contributed by atoms with Crippen LogP contribution in [0.5, 0.6) is 0 Å². The van der Waals surface area contributed by atoms with Gasteiger partial charge in [0.15, 0.2) is 0 Å². The molecule has 1 aromatic rings. The van der Waals surface area contributed by atoms with Crippen LogP contribution in [0.25, 0.3) is 0 Å². The topological polar surface area (TPSA) is 49.3 Å². The molecule has 2 N–H and O–H groups in total. The summed E-state index contributed by atoms with van der Waals surface area (Å²) < 4.78 is 0. The zero-order chi connectivity index (χ0) is 13.7. The van der Waals surface area contributed by atoms with Crippen molar-refractivity contribution in [3.63, 3.8) is 0 Å². The van der Waals surface area contributed by atoms with Crippen molar-refractivity contribution in [3.05, 3.63) is 35.4 Å². The van der Waals surface area contributed by atoms with Gasteiger partial charge in [0.2, 0.25) is 0 Å². The molecule has 2 rings (SSSR count). The predicted molar refractivity (Wildman–Crippen MR) is 76.0 cm³/mol. The maximum Gasteiger partial charge on any atom is 0.307 e. The third kappa shape index (κ3) is 4.35. The number of rotatable bonds is 6. The SMILES string of the molecule is CC(NCc1ccc(CC(=O)O)cc1)C1CCCC1. The van der Waals surface area contributed by atoms with E-state index in [2.05, 4.69) is 12.2 Å². The van der Waals surface area contributed by atoms with Crippen molar-refractivity contribution >= 4 is 5.97 Å². The number of nitrogens with one attached hydrogen (secondary N) is 1. The number of carboxylic acids is 1. The lowest BCUT2D eigenvalue weighted by molar-refractivity contribution is -0.136. The summed E-state index contributed by atoms with van der Waals surface area (Å²) in [5.74, 6) is 0.0482. The molecule has 1 fully saturated rings. The fourth-order valence-corrected chi connectivity index (χ4v) is 2.85. The molecular weight excluding hydrogens is 238 g/mol. The molecule has 1 aliphatic carbocycles. The Kier molecular flexibility index (Phi) is 4.97. The Bertz CT molecular complexity index is 407. The van der Waals surface area contributed by atoms with Gasteiger partial charge in [-0.3, -0.25) is 4.79 Å². The number of aliphatic carboxylic acids is 1. The van der Waals surface area contributed by atoms with E-state index in [9.17, 15) is 4.79 Å². The Morgan fingerprint density at radius 2 is 1.84 bits per heavy atom. The van der Waals surface area contributed by atoms with Crippen molar-refractivity contribution < 1.29 is 9.90 Å². The summed E-state index contributed by atoms with van der Waals surface area (Å²) in [5, 5.41) is 12.3. The van der Waals surface area contributed by atoms with E-state index in [-0.39, 0.29) is 6.42 Å². The van der Waals surface area contributed by atoms with Gasteiger partial charge in [0.25, 0.3) is 0 Å². The summed E-state index contributed by atoms with van der Waals surface area (Å²) in [6.07, 6.45) is 5.56. The summed E-state index contributed by atoms with van der Waals surface area (Å²) in [7, 11) is 0. The van der Waals surface area contributed by atoms with Crippen molar-refractivity contribution in [3.8, 4) is 0 Å². The van der Waals surface area contributed by atoms with E-state index < -0.39 is 5.97 Å². The first kappa shape index (κ1) is 14.1. The molecule has 1 atom stereocenters. The lowest BCUT2D eigenvalue weighted by atomic mass is 9.99. The van der Waals surface area contributed by atoms with E-state index in [1.165, 1.54) is 31.2 Å². The van der Waals surface area contributed by atoms with Crippen LogP contribution in [0.15, 0.2) is 24.3 Å². The van der Waals surface area contributed by atoms with E-state index in [1.54, 1.807) is 0 Å². The summed E-state index contributed by atoms with van der Waals surface area (Å²) in [4.78, 5) is 10.6. The van der Waals surface area contributed by atoms with Crippen molar-refractivity contribution in [2.75, 3.05) is 0 Å². The second kappa shape index (κ2) is 6.71. The molecule has 0 radical (unpaired) electrons. The molecule has 0 saturated heterocycles. The van der Waals surface area contributed by atoms with Crippen LogP contribution in [-0.2, 0) is 17.8 Å². The summed E-state index contributed by atoms with van der Waals surface area (Å²) in [6, 6.07) is 8.43. The molecule has 1 unspecified atom stereocenters. The molecule has 0 aromatic heterocycles. The Morgan fingerprint density at radius 1 is 1.26 bits per heavy atom. The fraction of sp³-hybridized carbons (Fsp3) is 0.562. The van der Waals surface area contributed by atoms with Crippen LogP contribution < -0.4 is 5.32 Å². The Hall–Kier alpha value is -1.35. The molecule has 1 saturated carbocycles. The molecule has 3 heteroatoms. The third-order valence-electron chi connectivity index (χ3n) is 4.11. The van der Waals surface area contributed by atoms with Crippen molar-refractivity contribution in [2.24, 2.45) is 5.92 Å². The van der Waals surface area contributed by atoms with Gasteiger partial charge in [-0.25, -0.2) is 0 Å².